The van der Waals surface area contributed by atoms with Gasteiger partial charge in [0.1, 0.15) is 5.60 Å². The molecule has 1 aromatic rings. The summed E-state index contributed by atoms with van der Waals surface area (Å²) in [6.45, 7) is 8.67. The van der Waals surface area contributed by atoms with Crippen LogP contribution in [0.5, 0.6) is 0 Å². The average molecular weight is 514 g/mol. The number of furan rings is 1. The molecule has 2 N–H and O–H groups in total. The first-order valence-electron chi connectivity index (χ1n) is 15.6. The lowest BCUT2D eigenvalue weighted by Gasteiger charge is -2.64. The van der Waals surface area contributed by atoms with Crippen molar-refractivity contribution in [3.05, 3.63) is 24.2 Å². The normalized spacial score (nSPS) is 44.8. The molecule has 1 aromatic heterocycles. The fourth-order valence-electron chi connectivity index (χ4n) is 10.4. The van der Waals surface area contributed by atoms with Crippen molar-refractivity contribution < 1.29 is 19.4 Å². The highest BCUT2D eigenvalue weighted by molar-refractivity contribution is 5.31. The third-order valence-electron chi connectivity index (χ3n) is 12.6. The summed E-state index contributed by atoms with van der Waals surface area (Å²) >= 11 is 0. The standard InChI is InChI=1S/C32H51NO4/c1-29-14-4-3-8-24(29)10-11-28-27(29)12-15-30(2)31(28,35)16-17-32(30,25-13-21-36-22-25)37-23-26(34)9-7-20-33-18-5-6-19-33/h13,21-22,24,26-28,34-35H,3-12,14-20,23H2,1-2H3/t24?,26?,27-,28-,29+,30+,31-,32?/m1/s1. The number of aliphatic hydroxyl groups is 2. The molecule has 0 amide bonds. The Morgan fingerprint density at radius 1 is 1.00 bits per heavy atom. The van der Waals surface area contributed by atoms with Crippen LogP contribution in [0, 0.1) is 28.6 Å². The van der Waals surface area contributed by atoms with Gasteiger partial charge in [-0.1, -0.05) is 26.7 Å². The van der Waals surface area contributed by atoms with Gasteiger partial charge in [0, 0.05) is 11.0 Å². The van der Waals surface area contributed by atoms with Gasteiger partial charge in [-0.15, -0.1) is 0 Å². The molecule has 0 spiro atoms. The number of fused-ring (bicyclic) bond motifs is 5. The van der Waals surface area contributed by atoms with E-state index in [1.165, 1.54) is 64.5 Å². The molecule has 1 saturated heterocycles. The van der Waals surface area contributed by atoms with Gasteiger partial charge in [-0.25, -0.2) is 0 Å². The van der Waals surface area contributed by atoms with Crippen LogP contribution in [0.4, 0.5) is 0 Å². The van der Waals surface area contributed by atoms with Gasteiger partial charge in [0.15, 0.2) is 0 Å². The summed E-state index contributed by atoms with van der Waals surface area (Å²) < 4.78 is 12.5. The van der Waals surface area contributed by atoms with E-state index < -0.39 is 22.7 Å². The zero-order valence-electron chi connectivity index (χ0n) is 23.4. The monoisotopic (exact) mass is 513 g/mol. The molecule has 2 heterocycles. The van der Waals surface area contributed by atoms with Crippen molar-refractivity contribution in [2.75, 3.05) is 26.2 Å². The van der Waals surface area contributed by atoms with Crippen molar-refractivity contribution in [1.29, 1.82) is 0 Å². The Balaban J connectivity index is 1.21. The Morgan fingerprint density at radius 2 is 1.84 bits per heavy atom. The molecule has 37 heavy (non-hydrogen) atoms. The number of nitrogens with zero attached hydrogens (tertiary/aromatic N) is 1. The first-order chi connectivity index (χ1) is 17.8. The van der Waals surface area contributed by atoms with E-state index in [1.807, 2.05) is 12.3 Å². The smallest absolute Gasteiger partial charge is 0.104 e. The van der Waals surface area contributed by atoms with Gasteiger partial charge in [0.05, 0.1) is 30.8 Å². The third kappa shape index (κ3) is 4.08. The number of ether oxygens (including phenoxy) is 1. The molecule has 4 saturated carbocycles. The third-order valence-corrected chi connectivity index (χ3v) is 12.6. The summed E-state index contributed by atoms with van der Waals surface area (Å²) in [7, 11) is 0. The van der Waals surface area contributed by atoms with Crippen LogP contribution in [0.2, 0.25) is 0 Å². The maximum atomic E-state index is 12.8. The lowest BCUT2D eigenvalue weighted by atomic mass is 9.43. The van der Waals surface area contributed by atoms with Crippen LogP contribution in [-0.4, -0.2) is 53.1 Å². The summed E-state index contributed by atoms with van der Waals surface area (Å²) in [5, 5.41) is 23.7. The van der Waals surface area contributed by atoms with Crippen LogP contribution in [0.1, 0.15) is 109 Å². The largest absolute Gasteiger partial charge is 0.472 e. The molecule has 3 unspecified atom stereocenters. The lowest BCUT2D eigenvalue weighted by molar-refractivity contribution is -0.250. The number of aliphatic hydroxyl groups excluding tert-OH is 1. The zero-order valence-corrected chi connectivity index (χ0v) is 23.4. The van der Waals surface area contributed by atoms with E-state index in [4.69, 9.17) is 9.15 Å². The second-order valence-corrected chi connectivity index (χ2v) is 14.0. The molecule has 5 nitrogen and oxygen atoms in total. The molecule has 1 aliphatic heterocycles. The van der Waals surface area contributed by atoms with Gasteiger partial charge in [-0.2, -0.15) is 0 Å². The highest BCUT2D eigenvalue weighted by Crippen LogP contribution is 2.72. The fraction of sp³-hybridized carbons (Fsp3) is 0.875. The Bertz CT molecular complexity index is 914. The predicted molar refractivity (Wildman–Crippen MR) is 145 cm³/mol. The van der Waals surface area contributed by atoms with Crippen LogP contribution < -0.4 is 0 Å². The van der Waals surface area contributed by atoms with Crippen molar-refractivity contribution in [2.45, 2.75) is 121 Å². The Labute approximate surface area is 224 Å². The second kappa shape index (κ2) is 9.94. The van der Waals surface area contributed by atoms with E-state index >= 15 is 0 Å². The number of hydrogen-bond donors (Lipinski definition) is 2. The molecule has 6 rings (SSSR count). The van der Waals surface area contributed by atoms with Gasteiger partial charge in [0.25, 0.3) is 0 Å². The van der Waals surface area contributed by atoms with Gasteiger partial charge < -0.3 is 24.3 Å². The Kier molecular flexibility index (Phi) is 7.08. The SMILES string of the molecule is C[C@]12CCCCC1CC[C@@H]1[C@H]2CC[C@]2(C)C(OCC(O)CCCN3CCCC3)(c3ccoc3)CC[C@@]12O. The summed E-state index contributed by atoms with van der Waals surface area (Å²) in [4.78, 5) is 2.51. The highest BCUT2D eigenvalue weighted by Gasteiger charge is 2.73. The van der Waals surface area contributed by atoms with Crippen LogP contribution in [0.25, 0.3) is 0 Å². The summed E-state index contributed by atoms with van der Waals surface area (Å²) in [5.41, 5.74) is -0.311. The minimum atomic E-state index is -0.737. The first-order valence-corrected chi connectivity index (χ1v) is 15.6. The maximum absolute atomic E-state index is 12.8. The molecule has 5 fully saturated rings. The van der Waals surface area contributed by atoms with E-state index in [1.54, 1.807) is 6.26 Å². The summed E-state index contributed by atoms with van der Waals surface area (Å²) in [6.07, 6.45) is 19.1. The molecular formula is C32H51NO4. The van der Waals surface area contributed by atoms with Crippen LogP contribution in [-0.2, 0) is 10.3 Å². The summed E-state index contributed by atoms with van der Waals surface area (Å²) in [6, 6.07) is 2.04. The van der Waals surface area contributed by atoms with E-state index in [-0.39, 0.29) is 0 Å². The van der Waals surface area contributed by atoms with Crippen molar-refractivity contribution in [3.63, 3.8) is 0 Å². The molecule has 0 aromatic carbocycles. The fourth-order valence-corrected chi connectivity index (χ4v) is 10.4. The molecule has 4 aliphatic carbocycles. The van der Waals surface area contributed by atoms with E-state index in [0.717, 1.165) is 56.6 Å². The number of rotatable bonds is 8. The predicted octanol–water partition coefficient (Wildman–Crippen LogP) is 6.28. The van der Waals surface area contributed by atoms with Crippen LogP contribution >= 0.6 is 0 Å². The summed E-state index contributed by atoms with van der Waals surface area (Å²) in [5.74, 6) is 1.79. The topological polar surface area (TPSA) is 66.1 Å². The highest BCUT2D eigenvalue weighted by atomic mass is 16.5. The molecule has 5 heteroatoms. The lowest BCUT2D eigenvalue weighted by Crippen LogP contribution is -2.64. The van der Waals surface area contributed by atoms with E-state index in [0.29, 0.717) is 23.9 Å². The van der Waals surface area contributed by atoms with Crippen LogP contribution in [0.15, 0.2) is 23.0 Å². The van der Waals surface area contributed by atoms with Crippen molar-refractivity contribution in [1.82, 2.24) is 4.90 Å². The van der Waals surface area contributed by atoms with Gasteiger partial charge >= 0.3 is 0 Å². The molecule has 0 bridgehead atoms. The van der Waals surface area contributed by atoms with Crippen molar-refractivity contribution in [3.8, 4) is 0 Å². The molecule has 5 aliphatic rings. The number of likely N-dealkylation sites (tertiary alicyclic amines) is 1. The Morgan fingerprint density at radius 3 is 2.62 bits per heavy atom. The Hall–Kier alpha value is -0.880. The van der Waals surface area contributed by atoms with Gasteiger partial charge in [0.2, 0.25) is 0 Å². The van der Waals surface area contributed by atoms with Gasteiger partial charge in [-0.05, 0) is 126 Å². The average Bonchev–Trinajstić information content (AvgIpc) is 3.64. The second-order valence-electron chi connectivity index (χ2n) is 14.0. The van der Waals surface area contributed by atoms with Crippen molar-refractivity contribution >= 4 is 0 Å². The van der Waals surface area contributed by atoms with Crippen LogP contribution in [0.3, 0.4) is 0 Å². The van der Waals surface area contributed by atoms with Gasteiger partial charge in [-0.3, -0.25) is 0 Å². The quantitative estimate of drug-likeness (QED) is 0.428. The van der Waals surface area contributed by atoms with E-state index in [2.05, 4.69) is 18.7 Å². The molecular weight excluding hydrogens is 462 g/mol. The zero-order chi connectivity index (χ0) is 25.7. The minimum Gasteiger partial charge on any atom is -0.472 e. The van der Waals surface area contributed by atoms with Crippen molar-refractivity contribution in [2.24, 2.45) is 28.6 Å². The number of hydrogen-bond acceptors (Lipinski definition) is 5. The minimum absolute atomic E-state index is 0.324. The molecule has 208 valence electrons. The maximum Gasteiger partial charge on any atom is 0.104 e. The van der Waals surface area contributed by atoms with E-state index in [9.17, 15) is 10.2 Å². The molecule has 0 radical (unpaired) electrons. The molecule has 8 atom stereocenters. The first kappa shape index (κ1) is 26.3.